The standard InChI is InChI=1S/C26H30N2OS2/c27-15-9-3-8-14-26(29)28-23-17-21(19-30-24-10-4-1-5-11-24)16-22(18-23)20-31-25-12-6-2-7-13-25/h1-2,4-7,10-13,16-18H,3,8-9,14-15,19-20,27H2,(H,28,29). The van der Waals surface area contributed by atoms with E-state index in [1.165, 1.54) is 20.9 Å². The molecule has 3 nitrogen and oxygen atoms in total. The van der Waals surface area contributed by atoms with Crippen molar-refractivity contribution in [3.8, 4) is 0 Å². The molecule has 3 N–H and O–H groups in total. The quantitative estimate of drug-likeness (QED) is 0.237. The van der Waals surface area contributed by atoms with Crippen LogP contribution in [0.4, 0.5) is 5.69 Å². The van der Waals surface area contributed by atoms with Crippen LogP contribution in [0.15, 0.2) is 88.7 Å². The summed E-state index contributed by atoms with van der Waals surface area (Å²) in [6, 6.07) is 27.3. The van der Waals surface area contributed by atoms with E-state index < -0.39 is 0 Å². The van der Waals surface area contributed by atoms with Gasteiger partial charge in [0.15, 0.2) is 0 Å². The zero-order chi connectivity index (χ0) is 21.7. The Hall–Kier alpha value is -2.21. The maximum atomic E-state index is 12.4. The van der Waals surface area contributed by atoms with Crippen LogP contribution in [0.2, 0.25) is 0 Å². The summed E-state index contributed by atoms with van der Waals surface area (Å²) in [5, 5.41) is 3.11. The molecule has 5 heteroatoms. The van der Waals surface area contributed by atoms with Crippen LogP contribution < -0.4 is 11.1 Å². The first-order valence-corrected chi connectivity index (χ1v) is 12.7. The zero-order valence-electron chi connectivity index (χ0n) is 17.8. The fourth-order valence-electron chi connectivity index (χ4n) is 3.20. The van der Waals surface area contributed by atoms with Crippen molar-refractivity contribution in [2.75, 3.05) is 11.9 Å². The van der Waals surface area contributed by atoms with E-state index in [2.05, 4.69) is 72.0 Å². The highest BCUT2D eigenvalue weighted by Gasteiger charge is 2.07. The lowest BCUT2D eigenvalue weighted by Gasteiger charge is -2.12. The Bertz CT molecular complexity index is 871. The number of unbranched alkanes of at least 4 members (excludes halogenated alkanes) is 2. The first-order chi connectivity index (χ1) is 15.2. The molecule has 31 heavy (non-hydrogen) atoms. The number of anilines is 1. The lowest BCUT2D eigenvalue weighted by Crippen LogP contribution is -2.12. The van der Waals surface area contributed by atoms with Crippen LogP contribution >= 0.6 is 23.5 Å². The van der Waals surface area contributed by atoms with E-state index >= 15 is 0 Å². The molecule has 0 fully saturated rings. The lowest BCUT2D eigenvalue weighted by molar-refractivity contribution is -0.116. The van der Waals surface area contributed by atoms with Gasteiger partial charge in [-0.25, -0.2) is 0 Å². The Kier molecular flexibility index (Phi) is 10.0. The van der Waals surface area contributed by atoms with Crippen LogP contribution in [0.25, 0.3) is 0 Å². The summed E-state index contributed by atoms with van der Waals surface area (Å²) in [6.45, 7) is 0.686. The van der Waals surface area contributed by atoms with Gasteiger partial charge in [-0.05, 0) is 66.9 Å². The topological polar surface area (TPSA) is 55.1 Å². The van der Waals surface area contributed by atoms with Gasteiger partial charge in [0.2, 0.25) is 5.91 Å². The van der Waals surface area contributed by atoms with Crippen molar-refractivity contribution in [3.05, 3.63) is 90.0 Å². The third kappa shape index (κ3) is 8.82. The summed E-state index contributed by atoms with van der Waals surface area (Å²) >= 11 is 3.62. The minimum atomic E-state index is 0.0755. The average Bonchev–Trinajstić information content (AvgIpc) is 2.80. The maximum absolute atomic E-state index is 12.4. The van der Waals surface area contributed by atoms with Crippen LogP contribution in [-0.4, -0.2) is 12.5 Å². The number of carbonyl (C=O) groups excluding carboxylic acids is 1. The molecular weight excluding hydrogens is 420 g/mol. The second-order valence-electron chi connectivity index (χ2n) is 7.39. The summed E-state index contributed by atoms with van der Waals surface area (Å²) in [5.74, 6) is 1.81. The number of hydrogen-bond acceptors (Lipinski definition) is 4. The zero-order valence-corrected chi connectivity index (χ0v) is 19.4. The van der Waals surface area contributed by atoms with Gasteiger partial charge in [0.05, 0.1) is 0 Å². The number of hydrogen-bond donors (Lipinski definition) is 2. The second kappa shape index (κ2) is 13.3. The molecule has 0 bridgehead atoms. The molecule has 3 aromatic carbocycles. The molecule has 3 aromatic rings. The lowest BCUT2D eigenvalue weighted by atomic mass is 10.1. The van der Waals surface area contributed by atoms with Gasteiger partial charge < -0.3 is 11.1 Å². The Labute approximate surface area is 194 Å². The smallest absolute Gasteiger partial charge is 0.224 e. The van der Waals surface area contributed by atoms with Crippen molar-refractivity contribution < 1.29 is 4.79 Å². The molecule has 0 atom stereocenters. The van der Waals surface area contributed by atoms with Gasteiger partial charge in [-0.3, -0.25) is 4.79 Å². The van der Waals surface area contributed by atoms with E-state index in [4.69, 9.17) is 5.73 Å². The monoisotopic (exact) mass is 450 g/mol. The number of nitrogens with two attached hydrogens (primary N) is 1. The molecule has 0 aliphatic rings. The van der Waals surface area contributed by atoms with E-state index in [1.54, 1.807) is 0 Å². The molecule has 0 spiro atoms. The molecule has 0 heterocycles. The van der Waals surface area contributed by atoms with Gasteiger partial charge in [-0.1, -0.05) is 48.9 Å². The predicted octanol–water partition coefficient (Wildman–Crippen LogP) is 6.73. The van der Waals surface area contributed by atoms with Crippen LogP contribution in [0.1, 0.15) is 36.8 Å². The predicted molar refractivity (Wildman–Crippen MR) is 135 cm³/mol. The second-order valence-corrected chi connectivity index (χ2v) is 9.49. The maximum Gasteiger partial charge on any atom is 0.224 e. The molecule has 0 saturated heterocycles. The fraction of sp³-hybridized carbons (Fsp3) is 0.269. The normalized spacial score (nSPS) is 10.7. The molecule has 0 aromatic heterocycles. The average molecular weight is 451 g/mol. The van der Waals surface area contributed by atoms with Gasteiger partial charge in [0.25, 0.3) is 0 Å². The summed E-state index contributed by atoms with van der Waals surface area (Å²) in [4.78, 5) is 14.9. The molecule has 0 unspecified atom stereocenters. The van der Waals surface area contributed by atoms with Crippen molar-refractivity contribution in [3.63, 3.8) is 0 Å². The van der Waals surface area contributed by atoms with E-state index in [0.717, 1.165) is 36.5 Å². The van der Waals surface area contributed by atoms with Crippen LogP contribution in [0, 0.1) is 0 Å². The van der Waals surface area contributed by atoms with Gasteiger partial charge in [-0.15, -0.1) is 23.5 Å². The Morgan fingerprint density at radius 3 is 1.81 bits per heavy atom. The van der Waals surface area contributed by atoms with E-state index in [-0.39, 0.29) is 5.91 Å². The van der Waals surface area contributed by atoms with Crippen LogP contribution in [0.5, 0.6) is 0 Å². The summed E-state index contributed by atoms with van der Waals surface area (Å²) in [5.41, 5.74) is 8.87. The van der Waals surface area contributed by atoms with Gasteiger partial charge in [0.1, 0.15) is 0 Å². The van der Waals surface area contributed by atoms with E-state index in [1.807, 2.05) is 35.7 Å². The van der Waals surface area contributed by atoms with Crippen molar-refractivity contribution in [1.82, 2.24) is 0 Å². The number of thioether (sulfide) groups is 2. The van der Waals surface area contributed by atoms with E-state index in [0.29, 0.717) is 13.0 Å². The number of nitrogens with one attached hydrogen (secondary N) is 1. The number of amides is 1. The first kappa shape index (κ1) is 23.5. The highest BCUT2D eigenvalue weighted by atomic mass is 32.2. The molecule has 0 aliphatic heterocycles. The molecule has 162 valence electrons. The summed E-state index contributed by atoms with van der Waals surface area (Å²) in [7, 11) is 0. The molecule has 0 radical (unpaired) electrons. The van der Waals surface area contributed by atoms with E-state index in [9.17, 15) is 4.79 Å². The Morgan fingerprint density at radius 2 is 1.29 bits per heavy atom. The summed E-state index contributed by atoms with van der Waals surface area (Å²) in [6.07, 6.45) is 3.39. The fourth-order valence-corrected chi connectivity index (χ4v) is 4.90. The van der Waals surface area contributed by atoms with Crippen LogP contribution in [-0.2, 0) is 16.3 Å². The molecule has 0 aliphatic carbocycles. The highest BCUT2D eigenvalue weighted by molar-refractivity contribution is 7.98. The Morgan fingerprint density at radius 1 is 0.742 bits per heavy atom. The first-order valence-electron chi connectivity index (χ1n) is 10.7. The van der Waals surface area contributed by atoms with Crippen molar-refractivity contribution in [2.45, 2.75) is 47.0 Å². The van der Waals surface area contributed by atoms with Crippen LogP contribution in [0.3, 0.4) is 0 Å². The molecule has 0 saturated carbocycles. The van der Waals surface area contributed by atoms with Crippen molar-refractivity contribution in [2.24, 2.45) is 5.73 Å². The number of benzene rings is 3. The Balaban J connectivity index is 1.67. The van der Waals surface area contributed by atoms with Crippen molar-refractivity contribution in [1.29, 1.82) is 0 Å². The number of carbonyl (C=O) groups is 1. The third-order valence-corrected chi connectivity index (χ3v) is 6.91. The van der Waals surface area contributed by atoms with Gasteiger partial charge in [0, 0.05) is 33.4 Å². The minimum Gasteiger partial charge on any atom is -0.330 e. The van der Waals surface area contributed by atoms with Gasteiger partial charge in [-0.2, -0.15) is 0 Å². The molecule has 3 rings (SSSR count). The number of rotatable bonds is 12. The highest BCUT2D eigenvalue weighted by Crippen LogP contribution is 2.28. The molecular formula is C26H30N2OS2. The van der Waals surface area contributed by atoms with Crippen molar-refractivity contribution >= 4 is 35.1 Å². The molecule has 1 amide bonds. The summed E-state index contributed by atoms with van der Waals surface area (Å²) < 4.78 is 0. The van der Waals surface area contributed by atoms with Gasteiger partial charge >= 0.3 is 0 Å². The largest absolute Gasteiger partial charge is 0.330 e. The SMILES string of the molecule is NCCCCCC(=O)Nc1cc(CSc2ccccc2)cc(CSc2ccccc2)c1. The minimum absolute atomic E-state index is 0.0755. The third-order valence-electron chi connectivity index (χ3n) is 4.74.